The second kappa shape index (κ2) is 9.29. The van der Waals surface area contributed by atoms with Crippen LogP contribution in [0.2, 0.25) is 0 Å². The molecule has 2 aromatic rings. The summed E-state index contributed by atoms with van der Waals surface area (Å²) in [5.41, 5.74) is 3.21. The number of esters is 1. The highest BCUT2D eigenvalue weighted by atomic mass is 16.5. The highest BCUT2D eigenvalue weighted by molar-refractivity contribution is 6.22. The molecule has 2 aromatic carbocycles. The molecule has 3 amide bonds. The van der Waals surface area contributed by atoms with Crippen LogP contribution < -0.4 is 14.5 Å². The van der Waals surface area contributed by atoms with Crippen molar-refractivity contribution in [3.05, 3.63) is 53.6 Å². The minimum absolute atomic E-state index is 0.102. The number of anilines is 2. The predicted octanol–water partition coefficient (Wildman–Crippen LogP) is 4.20. The first kappa shape index (κ1) is 23.3. The summed E-state index contributed by atoms with van der Waals surface area (Å²) in [5, 5.41) is 0. The Morgan fingerprint density at radius 1 is 0.971 bits per heavy atom. The molecule has 7 nitrogen and oxygen atoms in total. The summed E-state index contributed by atoms with van der Waals surface area (Å²) in [6.45, 7) is 4.15. The summed E-state index contributed by atoms with van der Waals surface area (Å²) in [5.74, 6) is -1.45. The SMILES string of the molecule is CCc1ccc(N2C[C@H](C(=O)Oc3ccc(N4C(=O)[C@@H]5CCCC[C@H]5C4=O)c(C)c3)CC2=O)cc1. The molecular weight excluding hydrogens is 444 g/mol. The van der Waals surface area contributed by atoms with E-state index >= 15 is 0 Å². The summed E-state index contributed by atoms with van der Waals surface area (Å²) in [7, 11) is 0. The van der Waals surface area contributed by atoms with Gasteiger partial charge in [0, 0.05) is 18.7 Å². The number of hydrogen-bond acceptors (Lipinski definition) is 5. The van der Waals surface area contributed by atoms with Gasteiger partial charge in [0.15, 0.2) is 0 Å². The topological polar surface area (TPSA) is 84.0 Å². The zero-order chi connectivity index (χ0) is 24.7. The first-order valence-electron chi connectivity index (χ1n) is 12.5. The Morgan fingerprint density at radius 3 is 2.23 bits per heavy atom. The molecule has 7 heteroatoms. The Labute approximate surface area is 205 Å². The molecule has 0 spiro atoms. The van der Waals surface area contributed by atoms with Crippen LogP contribution in [-0.2, 0) is 25.6 Å². The third-order valence-corrected chi connectivity index (χ3v) is 7.58. The van der Waals surface area contributed by atoms with Crippen molar-refractivity contribution in [1.82, 2.24) is 0 Å². The summed E-state index contributed by atoms with van der Waals surface area (Å²) >= 11 is 0. The summed E-state index contributed by atoms with van der Waals surface area (Å²) in [4.78, 5) is 54.2. The van der Waals surface area contributed by atoms with Crippen molar-refractivity contribution in [2.45, 2.75) is 52.4 Å². The van der Waals surface area contributed by atoms with Gasteiger partial charge in [0.25, 0.3) is 0 Å². The van der Waals surface area contributed by atoms with Gasteiger partial charge >= 0.3 is 5.97 Å². The van der Waals surface area contributed by atoms with Crippen molar-refractivity contribution < 1.29 is 23.9 Å². The largest absolute Gasteiger partial charge is 0.426 e. The lowest BCUT2D eigenvalue weighted by atomic mass is 9.81. The molecule has 182 valence electrons. The molecule has 1 aliphatic carbocycles. The zero-order valence-corrected chi connectivity index (χ0v) is 20.2. The number of benzene rings is 2. The number of rotatable bonds is 5. The number of carbonyl (C=O) groups is 4. The van der Waals surface area contributed by atoms with Gasteiger partial charge in [-0.1, -0.05) is 31.9 Å². The van der Waals surface area contributed by atoms with E-state index in [9.17, 15) is 19.2 Å². The van der Waals surface area contributed by atoms with E-state index < -0.39 is 11.9 Å². The Morgan fingerprint density at radius 2 is 1.63 bits per heavy atom. The van der Waals surface area contributed by atoms with Crippen LogP contribution in [-0.4, -0.2) is 30.2 Å². The molecular formula is C28H30N2O5. The maximum Gasteiger partial charge on any atom is 0.316 e. The van der Waals surface area contributed by atoms with Gasteiger partial charge in [-0.3, -0.25) is 19.2 Å². The number of nitrogens with zero attached hydrogens (tertiary/aromatic N) is 2. The van der Waals surface area contributed by atoms with Crippen molar-refractivity contribution in [1.29, 1.82) is 0 Å². The number of aryl methyl sites for hydroxylation is 2. The van der Waals surface area contributed by atoms with Crippen LogP contribution in [0.1, 0.15) is 50.2 Å². The van der Waals surface area contributed by atoms with Crippen molar-refractivity contribution in [3.63, 3.8) is 0 Å². The van der Waals surface area contributed by atoms with Gasteiger partial charge in [-0.15, -0.1) is 0 Å². The van der Waals surface area contributed by atoms with Gasteiger partial charge in [-0.25, -0.2) is 4.90 Å². The van der Waals surface area contributed by atoms with E-state index in [4.69, 9.17) is 4.74 Å². The number of amides is 3. The summed E-state index contributed by atoms with van der Waals surface area (Å²) < 4.78 is 5.61. The molecule has 2 heterocycles. The molecule has 0 radical (unpaired) electrons. The first-order chi connectivity index (χ1) is 16.9. The summed E-state index contributed by atoms with van der Waals surface area (Å²) in [6.07, 6.45) is 4.51. The van der Waals surface area contributed by atoms with E-state index in [1.165, 1.54) is 10.5 Å². The second-order valence-electron chi connectivity index (χ2n) is 9.80. The van der Waals surface area contributed by atoms with E-state index in [0.717, 1.165) is 37.8 Å². The highest BCUT2D eigenvalue weighted by Crippen LogP contribution is 2.41. The van der Waals surface area contributed by atoms with Crippen LogP contribution in [0.4, 0.5) is 11.4 Å². The monoisotopic (exact) mass is 474 g/mol. The Hall–Kier alpha value is -3.48. The lowest BCUT2D eigenvalue weighted by molar-refractivity contribution is -0.139. The minimum atomic E-state index is -0.557. The third kappa shape index (κ3) is 4.24. The fourth-order valence-corrected chi connectivity index (χ4v) is 5.57. The normalized spacial score (nSPS) is 24.2. The Kier molecular flexibility index (Phi) is 6.17. The highest BCUT2D eigenvalue weighted by Gasteiger charge is 2.49. The van der Waals surface area contributed by atoms with Gasteiger partial charge in [0.05, 0.1) is 23.4 Å². The molecule has 3 aliphatic rings. The van der Waals surface area contributed by atoms with E-state index in [-0.39, 0.29) is 42.5 Å². The number of ether oxygens (including phenoxy) is 1. The van der Waals surface area contributed by atoms with Gasteiger partial charge in [0.2, 0.25) is 17.7 Å². The van der Waals surface area contributed by atoms with Crippen molar-refractivity contribution in [2.75, 3.05) is 16.3 Å². The molecule has 35 heavy (non-hydrogen) atoms. The number of imide groups is 1. The zero-order valence-electron chi connectivity index (χ0n) is 20.2. The molecule has 3 atom stereocenters. The lowest BCUT2D eigenvalue weighted by Crippen LogP contribution is -2.31. The van der Waals surface area contributed by atoms with Gasteiger partial charge < -0.3 is 9.64 Å². The first-order valence-corrected chi connectivity index (χ1v) is 12.5. The van der Waals surface area contributed by atoms with Crippen LogP contribution >= 0.6 is 0 Å². The minimum Gasteiger partial charge on any atom is -0.426 e. The standard InChI is InChI=1S/C28H30N2O5/c1-3-18-8-10-20(11-9-18)29-16-19(15-25(29)31)28(34)35-21-12-13-24(17(2)14-21)30-26(32)22-6-4-5-7-23(22)27(30)33/h8-14,19,22-23H,3-7,15-16H2,1-2H3/t19-,22-,23-/m1/s1. The van der Waals surface area contributed by atoms with Crippen molar-refractivity contribution >= 4 is 35.1 Å². The summed E-state index contributed by atoms with van der Waals surface area (Å²) in [6, 6.07) is 12.8. The van der Waals surface area contributed by atoms with Gasteiger partial charge in [-0.05, 0) is 67.6 Å². The maximum atomic E-state index is 12.9. The van der Waals surface area contributed by atoms with Crippen molar-refractivity contribution in [3.8, 4) is 5.75 Å². The number of hydrogen-bond donors (Lipinski definition) is 0. The van der Waals surface area contributed by atoms with Crippen LogP contribution in [0.15, 0.2) is 42.5 Å². The molecule has 3 fully saturated rings. The number of carbonyl (C=O) groups excluding carboxylic acids is 4. The second-order valence-corrected chi connectivity index (χ2v) is 9.80. The van der Waals surface area contributed by atoms with E-state index in [1.807, 2.05) is 24.3 Å². The van der Waals surface area contributed by atoms with Gasteiger partial charge in [-0.2, -0.15) is 0 Å². The average molecular weight is 475 g/mol. The van der Waals surface area contributed by atoms with Crippen molar-refractivity contribution in [2.24, 2.45) is 17.8 Å². The van der Waals surface area contributed by atoms with Crippen LogP contribution in [0, 0.1) is 24.7 Å². The molecule has 5 rings (SSSR count). The van der Waals surface area contributed by atoms with E-state index in [1.54, 1.807) is 30.0 Å². The van der Waals surface area contributed by atoms with Crippen LogP contribution in [0.3, 0.4) is 0 Å². The molecule has 0 aromatic heterocycles. The molecule has 2 aliphatic heterocycles. The quantitative estimate of drug-likeness (QED) is 0.369. The fourth-order valence-electron chi connectivity index (χ4n) is 5.57. The third-order valence-electron chi connectivity index (χ3n) is 7.58. The molecule has 1 saturated carbocycles. The molecule has 0 unspecified atom stereocenters. The Balaban J connectivity index is 1.26. The molecule has 2 saturated heterocycles. The smallest absolute Gasteiger partial charge is 0.316 e. The average Bonchev–Trinajstić information content (AvgIpc) is 3.37. The predicted molar refractivity (Wildman–Crippen MR) is 131 cm³/mol. The van der Waals surface area contributed by atoms with Crippen LogP contribution in [0.25, 0.3) is 0 Å². The maximum absolute atomic E-state index is 12.9. The van der Waals surface area contributed by atoms with E-state index in [0.29, 0.717) is 17.0 Å². The molecule has 0 bridgehead atoms. The van der Waals surface area contributed by atoms with Crippen LogP contribution in [0.5, 0.6) is 5.75 Å². The van der Waals surface area contributed by atoms with Gasteiger partial charge in [0.1, 0.15) is 5.75 Å². The number of fused-ring (bicyclic) bond motifs is 1. The van der Waals surface area contributed by atoms with E-state index in [2.05, 4.69) is 6.92 Å². The lowest BCUT2D eigenvalue weighted by Gasteiger charge is -2.19. The Bertz CT molecular complexity index is 1160. The fraction of sp³-hybridized carbons (Fsp3) is 0.429. The molecule has 0 N–H and O–H groups in total.